The van der Waals surface area contributed by atoms with E-state index in [1.165, 1.54) is 6.07 Å². The Balaban J connectivity index is 1.49. The van der Waals surface area contributed by atoms with Crippen molar-refractivity contribution in [3.63, 3.8) is 0 Å². The molecule has 42 heavy (non-hydrogen) atoms. The number of aromatic nitrogens is 1. The molecular formula is C33H45FN6O2. The first-order chi connectivity index (χ1) is 20.2. The lowest BCUT2D eigenvalue weighted by Crippen LogP contribution is -2.43. The van der Waals surface area contributed by atoms with Crippen molar-refractivity contribution in [2.75, 3.05) is 20.3 Å². The van der Waals surface area contributed by atoms with Crippen LogP contribution in [0.15, 0.2) is 41.3 Å². The second kappa shape index (κ2) is 13.5. The number of carbonyl (C=O) groups excluding carboxylic acids is 1. The average molecular weight is 577 g/mol. The minimum Gasteiger partial charge on any atom is -0.349 e. The summed E-state index contributed by atoms with van der Waals surface area (Å²) in [6, 6.07) is 9.24. The highest BCUT2D eigenvalue weighted by Gasteiger charge is 2.25. The number of benzene rings is 2. The van der Waals surface area contributed by atoms with E-state index in [1.807, 2.05) is 36.0 Å². The number of halogens is 1. The van der Waals surface area contributed by atoms with Crippen LogP contribution in [0, 0.1) is 18.7 Å². The molecule has 0 aliphatic heterocycles. The first kappa shape index (κ1) is 30.4. The Morgan fingerprint density at radius 2 is 1.95 bits per heavy atom. The van der Waals surface area contributed by atoms with Crippen LogP contribution in [0.25, 0.3) is 21.9 Å². The van der Waals surface area contributed by atoms with Crippen LogP contribution in [0.5, 0.6) is 0 Å². The number of hydrogen-bond acceptors (Lipinski definition) is 6. The van der Waals surface area contributed by atoms with Gasteiger partial charge in [-0.05, 0) is 96.9 Å². The van der Waals surface area contributed by atoms with Crippen molar-refractivity contribution in [2.24, 2.45) is 11.8 Å². The van der Waals surface area contributed by atoms with Crippen LogP contribution in [-0.4, -0.2) is 47.8 Å². The van der Waals surface area contributed by atoms with E-state index in [0.717, 1.165) is 74.5 Å². The summed E-state index contributed by atoms with van der Waals surface area (Å²) in [5.41, 5.74) is 3.28. The van der Waals surface area contributed by atoms with Crippen molar-refractivity contribution in [3.05, 3.63) is 69.4 Å². The van der Waals surface area contributed by atoms with Crippen molar-refractivity contribution in [1.82, 2.24) is 25.5 Å². The van der Waals surface area contributed by atoms with Crippen molar-refractivity contribution in [2.45, 2.75) is 84.0 Å². The molecule has 226 valence electrons. The number of carbonyl (C=O) groups is 1. The van der Waals surface area contributed by atoms with Gasteiger partial charge in [-0.3, -0.25) is 15.4 Å². The van der Waals surface area contributed by atoms with E-state index in [0.29, 0.717) is 41.2 Å². The Labute approximate surface area is 247 Å². The lowest BCUT2D eigenvalue weighted by Gasteiger charge is -2.22. The lowest BCUT2D eigenvalue weighted by molar-refractivity contribution is 0.0950. The van der Waals surface area contributed by atoms with E-state index in [-0.39, 0.29) is 23.6 Å². The largest absolute Gasteiger partial charge is 0.349 e. The Morgan fingerprint density at radius 3 is 2.64 bits per heavy atom. The summed E-state index contributed by atoms with van der Waals surface area (Å²) in [4.78, 5) is 26.3. The summed E-state index contributed by atoms with van der Waals surface area (Å²) in [6.07, 6.45) is 9.50. The molecule has 9 heteroatoms. The van der Waals surface area contributed by atoms with Crippen LogP contribution < -0.4 is 27.4 Å². The fourth-order valence-electron chi connectivity index (χ4n) is 5.49. The number of pyridine rings is 1. The predicted molar refractivity (Wildman–Crippen MR) is 167 cm³/mol. The number of rotatable bonds is 15. The van der Waals surface area contributed by atoms with E-state index in [4.69, 9.17) is 5.84 Å². The minimum absolute atomic E-state index is 0.00264. The van der Waals surface area contributed by atoms with Gasteiger partial charge < -0.3 is 20.5 Å². The number of nitrogens with one attached hydrogen (secondary N) is 3. The molecule has 5 N–H and O–H groups in total. The van der Waals surface area contributed by atoms with Gasteiger partial charge in [-0.15, -0.1) is 0 Å². The van der Waals surface area contributed by atoms with Gasteiger partial charge in [0, 0.05) is 55.9 Å². The van der Waals surface area contributed by atoms with Crippen LogP contribution in [0.4, 0.5) is 4.39 Å². The molecule has 0 spiro atoms. The van der Waals surface area contributed by atoms with Gasteiger partial charge in [0.1, 0.15) is 5.82 Å². The quantitative estimate of drug-likeness (QED) is 0.121. The topological polar surface area (TPSA) is 104 Å². The second-order valence-electron chi connectivity index (χ2n) is 12.3. The van der Waals surface area contributed by atoms with Crippen molar-refractivity contribution < 1.29 is 9.18 Å². The lowest BCUT2D eigenvalue weighted by atomic mass is 9.94. The van der Waals surface area contributed by atoms with E-state index in [1.54, 1.807) is 18.0 Å². The van der Waals surface area contributed by atoms with E-state index < -0.39 is 5.82 Å². The smallest absolute Gasteiger partial charge is 0.258 e. The van der Waals surface area contributed by atoms with Crippen LogP contribution in [0.1, 0.15) is 73.4 Å². The molecular weight excluding hydrogens is 531 g/mol. The molecule has 0 bridgehead atoms. The summed E-state index contributed by atoms with van der Waals surface area (Å²) < 4.78 is 16.9. The molecule has 2 aromatic carbocycles. The van der Waals surface area contributed by atoms with Gasteiger partial charge in [0.2, 0.25) is 0 Å². The monoisotopic (exact) mass is 576 g/mol. The number of unbranched alkanes of at least 4 members (excludes halogenated alkanes) is 1. The summed E-state index contributed by atoms with van der Waals surface area (Å²) in [7, 11) is 1.83. The van der Waals surface area contributed by atoms with Crippen LogP contribution in [0.2, 0.25) is 0 Å². The number of hydrogen-bond donors (Lipinski definition) is 4. The number of nitrogens with two attached hydrogens (primary N) is 1. The fraction of sp³-hybridized carbons (Fsp3) is 0.515. The molecule has 3 aromatic rings. The van der Waals surface area contributed by atoms with Crippen LogP contribution in [-0.2, 0) is 13.1 Å². The molecule has 1 atom stereocenters. The Kier molecular flexibility index (Phi) is 9.73. The minimum atomic E-state index is -0.412. The Hall–Kier alpha value is -3.11. The number of fused-ring (bicyclic) bond motifs is 1. The second-order valence-corrected chi connectivity index (χ2v) is 12.3. The molecule has 2 aliphatic rings. The van der Waals surface area contributed by atoms with Crippen LogP contribution >= 0.6 is 0 Å². The number of hydrazine groups is 1. The van der Waals surface area contributed by atoms with E-state index >= 15 is 4.39 Å². The maximum atomic E-state index is 15.1. The van der Waals surface area contributed by atoms with Crippen molar-refractivity contribution in [3.8, 4) is 11.1 Å². The zero-order chi connectivity index (χ0) is 29.8. The molecule has 1 aromatic heterocycles. The maximum Gasteiger partial charge on any atom is 0.258 e. The Morgan fingerprint density at radius 1 is 1.17 bits per heavy atom. The van der Waals surface area contributed by atoms with Crippen molar-refractivity contribution in [1.29, 1.82) is 0 Å². The van der Waals surface area contributed by atoms with Crippen LogP contribution in [0.3, 0.4) is 0 Å². The summed E-state index contributed by atoms with van der Waals surface area (Å²) >= 11 is 0. The van der Waals surface area contributed by atoms with Gasteiger partial charge >= 0.3 is 0 Å². The summed E-state index contributed by atoms with van der Waals surface area (Å²) in [5, 5.41) is 13.2. The van der Waals surface area contributed by atoms with Crippen molar-refractivity contribution >= 4 is 16.7 Å². The highest BCUT2D eigenvalue weighted by atomic mass is 19.1. The Bertz CT molecular complexity index is 1480. The third kappa shape index (κ3) is 7.64. The first-order valence-electron chi connectivity index (χ1n) is 15.4. The zero-order valence-corrected chi connectivity index (χ0v) is 25.1. The standard InChI is InChI=1S/C33H45FN6O2/c1-4-5-6-27(17-36-20-39(3)35)37-16-25-19-40(18-22-7-8-22)33(42)28-12-9-23(13-30(25)28)29-14-24(15-31(34)21(29)2)32(41)38-26-10-11-26/h9,12-15,19,22,26-27,36-37H,4-8,10-11,16-18,20,35H2,1-3H3,(H,38,41)/t27-/m1/s1. The fourth-order valence-corrected chi connectivity index (χ4v) is 5.49. The first-order valence-corrected chi connectivity index (χ1v) is 15.4. The zero-order valence-electron chi connectivity index (χ0n) is 25.1. The third-order valence-electron chi connectivity index (χ3n) is 8.39. The normalized spacial score (nSPS) is 15.9. The average Bonchev–Trinajstić information content (AvgIpc) is 3.90. The summed E-state index contributed by atoms with van der Waals surface area (Å²) in [5.74, 6) is 5.68. The highest BCUT2D eigenvalue weighted by Crippen LogP contribution is 2.33. The summed E-state index contributed by atoms with van der Waals surface area (Å²) in [6.45, 7) is 6.62. The third-order valence-corrected chi connectivity index (χ3v) is 8.39. The van der Waals surface area contributed by atoms with Gasteiger partial charge in [0.05, 0.1) is 6.67 Å². The molecule has 5 rings (SSSR count). The van der Waals surface area contributed by atoms with Gasteiger partial charge in [-0.2, -0.15) is 0 Å². The predicted octanol–water partition coefficient (Wildman–Crippen LogP) is 4.42. The molecule has 0 unspecified atom stereocenters. The number of amides is 1. The highest BCUT2D eigenvalue weighted by molar-refractivity contribution is 5.97. The maximum absolute atomic E-state index is 15.1. The van der Waals surface area contributed by atoms with Gasteiger partial charge in [-0.25, -0.2) is 9.40 Å². The van der Waals surface area contributed by atoms with Gasteiger partial charge in [-0.1, -0.05) is 25.8 Å². The molecule has 2 saturated carbocycles. The molecule has 0 radical (unpaired) electrons. The molecule has 1 heterocycles. The van der Waals surface area contributed by atoms with Gasteiger partial charge in [0.15, 0.2) is 0 Å². The number of nitrogens with zero attached hydrogens (tertiary/aromatic N) is 2. The molecule has 2 aliphatic carbocycles. The molecule has 2 fully saturated rings. The SMILES string of the molecule is CCCC[C@H](CNCN(C)N)NCc1cn(CC2CC2)c(=O)c2ccc(-c3cc(C(=O)NC4CC4)cc(F)c3C)cc12. The molecule has 8 nitrogen and oxygen atoms in total. The van der Waals surface area contributed by atoms with Gasteiger partial charge in [0.25, 0.3) is 11.5 Å². The van der Waals surface area contributed by atoms with E-state index in [9.17, 15) is 9.59 Å². The molecule has 0 saturated heterocycles. The molecule has 1 amide bonds. The van der Waals surface area contributed by atoms with E-state index in [2.05, 4.69) is 22.9 Å².